The minimum absolute atomic E-state index is 0.00826. The summed E-state index contributed by atoms with van der Waals surface area (Å²) >= 11 is 1.28. The highest BCUT2D eigenvalue weighted by molar-refractivity contribution is 7.12. The van der Waals surface area contributed by atoms with Gasteiger partial charge in [0.15, 0.2) is 0 Å². The fourth-order valence-electron chi connectivity index (χ4n) is 3.30. The Morgan fingerprint density at radius 2 is 2.04 bits per heavy atom. The van der Waals surface area contributed by atoms with Gasteiger partial charge in [-0.05, 0) is 37.5 Å². The molecule has 23 heavy (non-hydrogen) atoms. The van der Waals surface area contributed by atoms with Crippen molar-refractivity contribution in [1.82, 2.24) is 4.90 Å². The summed E-state index contributed by atoms with van der Waals surface area (Å²) in [7, 11) is 0. The standard InChI is InChI=1S/C18H20N2O2S/c1-11-5-3-4-6-15(11)13-7-12(2)20(9-13)18(22)16-8-14(10-23-16)17(19)21/h3-6,8,10,12-13H,7,9H2,1-2H3,(H2,19,21). The average molecular weight is 328 g/mol. The second-order valence-corrected chi connectivity index (χ2v) is 7.07. The molecular formula is C18H20N2O2S. The summed E-state index contributed by atoms with van der Waals surface area (Å²) in [5.41, 5.74) is 8.26. The molecule has 0 radical (unpaired) electrons. The molecule has 2 heterocycles. The number of carbonyl (C=O) groups is 2. The molecule has 120 valence electrons. The molecule has 2 aromatic rings. The number of carbonyl (C=O) groups excluding carboxylic acids is 2. The van der Waals surface area contributed by atoms with E-state index in [1.807, 2.05) is 11.0 Å². The molecule has 1 aromatic heterocycles. The van der Waals surface area contributed by atoms with Crippen LogP contribution in [0.25, 0.3) is 0 Å². The van der Waals surface area contributed by atoms with Crippen LogP contribution in [0.15, 0.2) is 35.7 Å². The van der Waals surface area contributed by atoms with Gasteiger partial charge in [-0.3, -0.25) is 9.59 Å². The second kappa shape index (κ2) is 6.16. The van der Waals surface area contributed by atoms with E-state index < -0.39 is 5.91 Å². The Labute approximate surface area is 139 Å². The molecule has 4 nitrogen and oxygen atoms in total. The molecule has 2 unspecified atom stereocenters. The SMILES string of the molecule is Cc1ccccc1C1CC(C)N(C(=O)c2cc(C(N)=O)cs2)C1. The molecule has 2 N–H and O–H groups in total. The molecule has 0 saturated carbocycles. The maximum atomic E-state index is 12.7. The van der Waals surface area contributed by atoms with Crippen LogP contribution >= 0.6 is 11.3 Å². The van der Waals surface area contributed by atoms with Crippen molar-refractivity contribution in [2.24, 2.45) is 5.73 Å². The van der Waals surface area contributed by atoms with Crippen LogP contribution in [0.2, 0.25) is 0 Å². The van der Waals surface area contributed by atoms with Gasteiger partial charge in [-0.1, -0.05) is 24.3 Å². The Morgan fingerprint density at radius 1 is 1.30 bits per heavy atom. The minimum atomic E-state index is -0.493. The molecular weight excluding hydrogens is 308 g/mol. The van der Waals surface area contributed by atoms with Gasteiger partial charge in [0.25, 0.3) is 5.91 Å². The number of hydrogen-bond acceptors (Lipinski definition) is 3. The molecule has 3 rings (SSSR count). The van der Waals surface area contributed by atoms with Crippen LogP contribution in [0.4, 0.5) is 0 Å². The van der Waals surface area contributed by atoms with Gasteiger partial charge in [0, 0.05) is 23.9 Å². The summed E-state index contributed by atoms with van der Waals surface area (Å²) in [6.45, 7) is 4.91. The highest BCUT2D eigenvalue weighted by Crippen LogP contribution is 2.34. The van der Waals surface area contributed by atoms with Gasteiger partial charge in [-0.15, -0.1) is 11.3 Å². The van der Waals surface area contributed by atoms with Crippen LogP contribution in [0.1, 0.15) is 50.4 Å². The number of benzene rings is 1. The van der Waals surface area contributed by atoms with Crippen molar-refractivity contribution in [2.75, 3.05) is 6.54 Å². The van der Waals surface area contributed by atoms with Crippen LogP contribution in [0.3, 0.4) is 0 Å². The van der Waals surface area contributed by atoms with Crippen molar-refractivity contribution in [3.8, 4) is 0 Å². The number of primary amides is 1. The van der Waals surface area contributed by atoms with Gasteiger partial charge in [0.05, 0.1) is 10.4 Å². The smallest absolute Gasteiger partial charge is 0.264 e. The maximum Gasteiger partial charge on any atom is 0.264 e. The summed E-state index contributed by atoms with van der Waals surface area (Å²) in [5, 5.41) is 1.65. The van der Waals surface area contributed by atoms with Crippen molar-refractivity contribution in [3.05, 3.63) is 57.3 Å². The van der Waals surface area contributed by atoms with Gasteiger partial charge in [0.2, 0.25) is 5.91 Å². The summed E-state index contributed by atoms with van der Waals surface area (Å²) in [6.07, 6.45) is 0.963. The first-order chi connectivity index (χ1) is 11.0. The fourth-order valence-corrected chi connectivity index (χ4v) is 4.15. The zero-order chi connectivity index (χ0) is 16.6. The third-order valence-corrected chi connectivity index (χ3v) is 5.48. The Bertz CT molecular complexity index is 753. The Balaban J connectivity index is 1.79. The molecule has 1 saturated heterocycles. The van der Waals surface area contributed by atoms with Gasteiger partial charge >= 0.3 is 0 Å². The van der Waals surface area contributed by atoms with Gasteiger partial charge in [0.1, 0.15) is 0 Å². The normalized spacial score (nSPS) is 20.7. The lowest BCUT2D eigenvalue weighted by atomic mass is 9.93. The van der Waals surface area contributed by atoms with E-state index in [0.29, 0.717) is 22.9 Å². The van der Waals surface area contributed by atoms with Crippen LogP contribution in [-0.2, 0) is 0 Å². The van der Waals surface area contributed by atoms with E-state index in [1.54, 1.807) is 11.4 Å². The highest BCUT2D eigenvalue weighted by Gasteiger charge is 2.34. The zero-order valence-electron chi connectivity index (χ0n) is 13.3. The first kappa shape index (κ1) is 15.7. The molecule has 0 aliphatic carbocycles. The second-order valence-electron chi connectivity index (χ2n) is 6.16. The number of hydrogen-bond donors (Lipinski definition) is 1. The summed E-state index contributed by atoms with van der Waals surface area (Å²) < 4.78 is 0. The number of nitrogens with zero attached hydrogens (tertiary/aromatic N) is 1. The van der Waals surface area contributed by atoms with E-state index in [9.17, 15) is 9.59 Å². The van der Waals surface area contributed by atoms with E-state index in [4.69, 9.17) is 5.73 Å². The van der Waals surface area contributed by atoms with Gasteiger partial charge in [-0.25, -0.2) is 0 Å². The van der Waals surface area contributed by atoms with Crippen molar-refractivity contribution in [3.63, 3.8) is 0 Å². The van der Waals surface area contributed by atoms with Crippen molar-refractivity contribution < 1.29 is 9.59 Å². The molecule has 1 fully saturated rings. The fraction of sp³-hybridized carbons (Fsp3) is 0.333. The number of likely N-dealkylation sites (tertiary alicyclic amines) is 1. The molecule has 0 spiro atoms. The third-order valence-electron chi connectivity index (χ3n) is 4.56. The van der Waals surface area contributed by atoms with Crippen LogP contribution in [-0.4, -0.2) is 29.3 Å². The molecule has 1 aliphatic heterocycles. The molecule has 5 heteroatoms. The monoisotopic (exact) mass is 328 g/mol. The number of nitrogens with two attached hydrogens (primary N) is 1. The predicted octanol–water partition coefficient (Wildman–Crippen LogP) is 3.17. The first-order valence-electron chi connectivity index (χ1n) is 7.72. The minimum Gasteiger partial charge on any atom is -0.366 e. The first-order valence-corrected chi connectivity index (χ1v) is 8.60. The molecule has 2 atom stereocenters. The van der Waals surface area contributed by atoms with E-state index in [0.717, 1.165) is 6.42 Å². The van der Waals surface area contributed by atoms with Crippen molar-refractivity contribution >= 4 is 23.2 Å². The van der Waals surface area contributed by atoms with Crippen LogP contribution < -0.4 is 5.73 Å². The van der Waals surface area contributed by atoms with Crippen molar-refractivity contribution in [1.29, 1.82) is 0 Å². The summed E-state index contributed by atoms with van der Waals surface area (Å²) in [4.78, 5) is 26.4. The largest absolute Gasteiger partial charge is 0.366 e. The van der Waals surface area contributed by atoms with E-state index in [2.05, 4.69) is 32.0 Å². The lowest BCUT2D eigenvalue weighted by molar-refractivity contribution is 0.0750. The van der Waals surface area contributed by atoms with Crippen LogP contribution in [0, 0.1) is 6.92 Å². The predicted molar refractivity (Wildman–Crippen MR) is 91.9 cm³/mol. The van der Waals surface area contributed by atoms with E-state index in [-0.39, 0.29) is 11.9 Å². The molecule has 0 bridgehead atoms. The maximum absolute atomic E-state index is 12.7. The van der Waals surface area contributed by atoms with Gasteiger partial charge < -0.3 is 10.6 Å². The van der Waals surface area contributed by atoms with E-state index in [1.165, 1.54) is 22.5 Å². The number of thiophene rings is 1. The zero-order valence-corrected chi connectivity index (χ0v) is 14.1. The van der Waals surface area contributed by atoms with Crippen LogP contribution in [0.5, 0.6) is 0 Å². The highest BCUT2D eigenvalue weighted by atomic mass is 32.1. The lowest BCUT2D eigenvalue weighted by Gasteiger charge is -2.20. The quantitative estimate of drug-likeness (QED) is 0.940. The number of aryl methyl sites for hydroxylation is 1. The molecule has 1 aliphatic rings. The molecule has 2 amide bonds. The van der Waals surface area contributed by atoms with E-state index >= 15 is 0 Å². The summed E-state index contributed by atoms with van der Waals surface area (Å²) in [5.74, 6) is -0.135. The number of rotatable bonds is 3. The topological polar surface area (TPSA) is 63.4 Å². The summed E-state index contributed by atoms with van der Waals surface area (Å²) in [6, 6.07) is 10.1. The molecule has 1 aromatic carbocycles. The Hall–Kier alpha value is -2.14. The van der Waals surface area contributed by atoms with Gasteiger partial charge in [-0.2, -0.15) is 0 Å². The lowest BCUT2D eigenvalue weighted by Crippen LogP contribution is -2.33. The Kier molecular flexibility index (Phi) is 4.22. The third kappa shape index (κ3) is 3.01. The number of amides is 2. The Morgan fingerprint density at radius 3 is 2.70 bits per heavy atom. The average Bonchev–Trinajstić information content (AvgIpc) is 3.14. The van der Waals surface area contributed by atoms with Crippen molar-refractivity contribution in [2.45, 2.75) is 32.2 Å².